The lowest BCUT2D eigenvalue weighted by molar-refractivity contribution is -0.274. The minimum absolute atomic E-state index is 0.0603. The molecule has 3 aromatic carbocycles. The van der Waals surface area contributed by atoms with Crippen molar-refractivity contribution >= 4 is 28.8 Å². The second-order valence-electron chi connectivity index (χ2n) is 8.42. The molecule has 4 aromatic rings. The van der Waals surface area contributed by atoms with Gasteiger partial charge in [-0.05, 0) is 54.1 Å². The van der Waals surface area contributed by atoms with Gasteiger partial charge >= 0.3 is 18.5 Å². The lowest BCUT2D eigenvalue weighted by atomic mass is 10.1. The molecule has 0 aliphatic heterocycles. The number of carbonyl (C=O) groups excluding carboxylic acids is 1. The maximum Gasteiger partial charge on any atom is 0.573 e. The van der Waals surface area contributed by atoms with Crippen LogP contribution < -0.4 is 10.4 Å². The maximum atomic E-state index is 13.7. The van der Waals surface area contributed by atoms with Crippen LogP contribution in [0.15, 0.2) is 72.2 Å². The molecule has 0 N–H and O–H groups in total. The fourth-order valence-corrected chi connectivity index (χ4v) is 4.10. The number of hydrogen-bond donors (Lipinski definition) is 0. The van der Waals surface area contributed by atoms with E-state index in [0.717, 1.165) is 24.3 Å². The molecule has 0 unspecified atom stereocenters. The highest BCUT2D eigenvalue weighted by Gasteiger charge is 2.32. The molecule has 1 aromatic heterocycles. The minimum Gasteiger partial charge on any atom is -0.465 e. The van der Waals surface area contributed by atoms with Crippen molar-refractivity contribution in [1.29, 1.82) is 0 Å². The molecule has 0 fully saturated rings. The van der Waals surface area contributed by atoms with Gasteiger partial charge in [0.2, 0.25) is 5.62 Å². The van der Waals surface area contributed by atoms with E-state index in [1.165, 1.54) is 37.5 Å². The third-order valence-corrected chi connectivity index (χ3v) is 5.85. The first-order chi connectivity index (χ1) is 18.3. The third-order valence-electron chi connectivity index (χ3n) is 5.85. The van der Waals surface area contributed by atoms with Crippen molar-refractivity contribution in [2.24, 2.45) is 12.0 Å². The van der Waals surface area contributed by atoms with E-state index < -0.39 is 29.8 Å². The zero-order valence-corrected chi connectivity index (χ0v) is 20.6. The Hall–Kier alpha value is -4.48. The first-order valence-electron chi connectivity index (χ1n) is 11.3. The summed E-state index contributed by atoms with van der Waals surface area (Å²) >= 11 is 0. The summed E-state index contributed by atoms with van der Waals surface area (Å²) in [6.45, 7) is 3.72. The van der Waals surface area contributed by atoms with Gasteiger partial charge in [0.25, 0.3) is 0 Å². The summed E-state index contributed by atoms with van der Waals surface area (Å²) in [7, 11) is 2.85. The zero-order chi connectivity index (χ0) is 28.5. The molecule has 12 heteroatoms. The number of benzene rings is 3. The van der Waals surface area contributed by atoms with Crippen molar-refractivity contribution in [3.63, 3.8) is 0 Å². The van der Waals surface area contributed by atoms with Gasteiger partial charge < -0.3 is 18.6 Å². The first kappa shape index (κ1) is 27.6. The van der Waals surface area contributed by atoms with Crippen LogP contribution in [0.1, 0.15) is 27.0 Å². The molecule has 0 amide bonds. The Morgan fingerprint density at radius 2 is 1.64 bits per heavy atom. The van der Waals surface area contributed by atoms with E-state index in [-0.39, 0.29) is 28.9 Å². The van der Waals surface area contributed by atoms with Gasteiger partial charge in [-0.2, -0.15) is 13.2 Å². The number of fused-ring (bicyclic) bond motifs is 1. The largest absolute Gasteiger partial charge is 0.573 e. The third kappa shape index (κ3) is 6.00. The van der Waals surface area contributed by atoms with Gasteiger partial charge in [-0.1, -0.05) is 24.8 Å². The molecule has 0 aliphatic carbocycles. The lowest BCUT2D eigenvalue weighted by Gasteiger charge is -2.11. The van der Waals surface area contributed by atoms with Crippen molar-refractivity contribution in [3.05, 3.63) is 95.1 Å². The van der Waals surface area contributed by atoms with Crippen LogP contribution >= 0.6 is 0 Å². The van der Waals surface area contributed by atoms with Crippen LogP contribution in [0, 0.1) is 0 Å². The summed E-state index contributed by atoms with van der Waals surface area (Å²) in [6.07, 6.45) is -8.19. The molecule has 4 rings (SSSR count). The first-order valence-corrected chi connectivity index (χ1v) is 11.3. The second-order valence-corrected chi connectivity index (χ2v) is 8.42. The standard InChI is InChI=1S/C27H21F6N3O3/c1-4-17-13-19(26(28,29)30)14-22-23(17)35(2)25(34-20-9-11-21(12-10-20)39-27(31,32)33)36(22)15-16-5-7-18(8-6-16)24(37)38-3/h4-14H,1,15H2,2-3H3/b34-25-. The van der Waals surface area contributed by atoms with Crippen LogP contribution in [0.2, 0.25) is 0 Å². The number of nitrogens with zero attached hydrogens (tertiary/aromatic N) is 3. The Morgan fingerprint density at radius 3 is 2.18 bits per heavy atom. The molecular formula is C27H21F6N3O3. The summed E-state index contributed by atoms with van der Waals surface area (Å²) in [6, 6.07) is 13.1. The average molecular weight is 549 g/mol. The molecule has 0 saturated carbocycles. The Kier molecular flexibility index (Phi) is 7.31. The molecule has 1 heterocycles. The summed E-state index contributed by atoms with van der Waals surface area (Å²) in [5, 5.41) is 0. The number of aromatic nitrogens is 2. The Morgan fingerprint density at radius 1 is 1.00 bits per heavy atom. The summed E-state index contributed by atoms with van der Waals surface area (Å²) in [4.78, 5) is 16.3. The lowest BCUT2D eigenvalue weighted by Crippen LogP contribution is -2.24. The van der Waals surface area contributed by atoms with E-state index in [1.807, 2.05) is 0 Å². The predicted molar refractivity (Wildman–Crippen MR) is 131 cm³/mol. The Balaban J connectivity index is 1.92. The van der Waals surface area contributed by atoms with Gasteiger partial charge in [0.1, 0.15) is 5.75 Å². The van der Waals surface area contributed by atoms with Gasteiger partial charge in [0, 0.05) is 12.6 Å². The van der Waals surface area contributed by atoms with Crippen molar-refractivity contribution in [1.82, 2.24) is 9.13 Å². The van der Waals surface area contributed by atoms with Crippen molar-refractivity contribution < 1.29 is 40.6 Å². The van der Waals surface area contributed by atoms with Crippen LogP contribution in [-0.4, -0.2) is 28.6 Å². The predicted octanol–water partition coefficient (Wildman–Crippen LogP) is 6.61. The molecule has 6 nitrogen and oxygen atoms in total. The highest BCUT2D eigenvalue weighted by Crippen LogP contribution is 2.34. The van der Waals surface area contributed by atoms with Crippen LogP contribution in [0.3, 0.4) is 0 Å². The van der Waals surface area contributed by atoms with Crippen LogP contribution in [0.5, 0.6) is 5.75 Å². The van der Waals surface area contributed by atoms with E-state index >= 15 is 0 Å². The number of alkyl halides is 6. The van der Waals surface area contributed by atoms with Gasteiger partial charge in [-0.15, -0.1) is 13.2 Å². The van der Waals surface area contributed by atoms with Gasteiger partial charge in [0.15, 0.2) is 0 Å². The number of esters is 1. The summed E-state index contributed by atoms with van der Waals surface area (Å²) in [5.41, 5.74) is 1.34. The molecule has 0 spiro atoms. The molecule has 204 valence electrons. The molecule has 0 atom stereocenters. The number of carbonyl (C=O) groups is 1. The van der Waals surface area contributed by atoms with Crippen molar-refractivity contribution in [3.8, 4) is 5.75 Å². The molecule has 0 saturated heterocycles. The molecule has 39 heavy (non-hydrogen) atoms. The number of halogens is 6. The highest BCUT2D eigenvalue weighted by atomic mass is 19.4. The smallest absolute Gasteiger partial charge is 0.465 e. The van der Waals surface area contributed by atoms with Crippen LogP contribution in [0.4, 0.5) is 32.0 Å². The van der Waals surface area contributed by atoms with Crippen LogP contribution in [0.25, 0.3) is 17.1 Å². The van der Waals surface area contributed by atoms with Gasteiger partial charge in [-0.25, -0.2) is 9.79 Å². The van der Waals surface area contributed by atoms with E-state index in [0.29, 0.717) is 16.6 Å². The van der Waals surface area contributed by atoms with Crippen molar-refractivity contribution in [2.75, 3.05) is 7.11 Å². The molecule has 0 bridgehead atoms. The average Bonchev–Trinajstić information content (AvgIpc) is 3.13. The van der Waals surface area contributed by atoms with Crippen molar-refractivity contribution in [2.45, 2.75) is 19.1 Å². The second kappa shape index (κ2) is 10.4. The zero-order valence-electron chi connectivity index (χ0n) is 20.6. The van der Waals surface area contributed by atoms with Gasteiger partial charge in [0.05, 0.1) is 41.5 Å². The highest BCUT2D eigenvalue weighted by molar-refractivity contribution is 5.89. The molecule has 0 aliphatic rings. The quantitative estimate of drug-likeness (QED) is 0.201. The fourth-order valence-electron chi connectivity index (χ4n) is 4.10. The monoisotopic (exact) mass is 549 g/mol. The Labute approximate surface area is 218 Å². The molecule has 0 radical (unpaired) electrons. The molecular weight excluding hydrogens is 528 g/mol. The normalized spacial score (nSPS) is 12.6. The topological polar surface area (TPSA) is 57.8 Å². The van der Waals surface area contributed by atoms with E-state index in [9.17, 15) is 31.1 Å². The fraction of sp³-hybridized carbons (Fsp3) is 0.185. The van der Waals surface area contributed by atoms with E-state index in [1.54, 1.807) is 28.3 Å². The number of aryl methyl sites for hydroxylation is 1. The van der Waals surface area contributed by atoms with Gasteiger partial charge in [-0.3, -0.25) is 0 Å². The Bertz CT molecular complexity index is 1600. The maximum absolute atomic E-state index is 13.7. The number of imidazole rings is 1. The number of ether oxygens (including phenoxy) is 2. The van der Waals surface area contributed by atoms with E-state index in [4.69, 9.17) is 4.74 Å². The van der Waals surface area contributed by atoms with Crippen LogP contribution in [-0.2, 0) is 24.5 Å². The number of hydrogen-bond acceptors (Lipinski definition) is 4. The SMILES string of the molecule is C=Cc1cc(C(F)(F)F)cc2c1n(C)/c(=N/c1ccc(OC(F)(F)F)cc1)n2Cc1ccc(C(=O)OC)cc1. The summed E-state index contributed by atoms with van der Waals surface area (Å²) in [5.74, 6) is -0.987. The summed E-state index contributed by atoms with van der Waals surface area (Å²) < 4.78 is 90.5. The minimum atomic E-state index is -4.86. The number of rotatable bonds is 6. The van der Waals surface area contributed by atoms with E-state index in [2.05, 4.69) is 16.3 Å². The number of methoxy groups -OCH3 is 1.